The molecule has 5 rings (SSSR count). The summed E-state index contributed by atoms with van der Waals surface area (Å²) in [6, 6.07) is 15.6. The maximum atomic E-state index is 14.0. The quantitative estimate of drug-likeness (QED) is 0.380. The number of hydrogen-bond acceptors (Lipinski definition) is 6. The van der Waals surface area contributed by atoms with Crippen LogP contribution in [0.1, 0.15) is 50.2 Å². The van der Waals surface area contributed by atoms with Gasteiger partial charge in [-0.3, -0.25) is 9.36 Å². The molecule has 0 amide bonds. The number of aromatic nitrogens is 3. The second-order valence-electron chi connectivity index (χ2n) is 10.4. The van der Waals surface area contributed by atoms with Crippen LogP contribution in [0.4, 0.5) is 0 Å². The Bertz CT molecular complexity index is 1460. The Morgan fingerprint density at radius 1 is 1.14 bits per heavy atom. The molecule has 192 valence electrons. The van der Waals surface area contributed by atoms with Gasteiger partial charge in [0.1, 0.15) is 12.1 Å². The molecule has 7 heteroatoms. The van der Waals surface area contributed by atoms with Crippen LogP contribution < -0.4 is 10.9 Å². The average Bonchev–Trinajstić information content (AvgIpc) is 2.89. The lowest BCUT2D eigenvalue weighted by Crippen LogP contribution is -2.42. The molecule has 0 saturated carbocycles. The van der Waals surface area contributed by atoms with Crippen molar-refractivity contribution in [2.45, 2.75) is 51.6 Å². The Morgan fingerprint density at radius 3 is 2.73 bits per heavy atom. The van der Waals surface area contributed by atoms with E-state index in [0.29, 0.717) is 35.2 Å². The standard InChI is InChI=1S/C30H35N5O2/c1-20(2)21-8-6-9-22(14-21)26-16-32-29-28(27(26)18-34(3)17-23-10-4-5-13-31-23)30(37)35(19-33-29)24-11-7-12-25(36)15-24/h6-9,11-12,14-16,19-20,23,31,36H,4-5,10,13,17-18H2,1-3H3. The first-order valence-electron chi connectivity index (χ1n) is 13.1. The van der Waals surface area contributed by atoms with Gasteiger partial charge >= 0.3 is 0 Å². The van der Waals surface area contributed by atoms with Gasteiger partial charge < -0.3 is 15.3 Å². The average molecular weight is 498 g/mol. The molecule has 0 aliphatic carbocycles. The fourth-order valence-corrected chi connectivity index (χ4v) is 5.24. The van der Waals surface area contributed by atoms with Crippen molar-refractivity contribution in [3.05, 3.63) is 82.5 Å². The molecule has 4 aromatic rings. The molecule has 1 saturated heterocycles. The number of phenolic OH excluding ortho intramolecular Hbond substituents is 1. The number of nitrogens with one attached hydrogen (secondary N) is 1. The van der Waals surface area contributed by atoms with Crippen LogP contribution in [-0.2, 0) is 6.54 Å². The minimum absolute atomic E-state index is 0.0989. The van der Waals surface area contributed by atoms with Gasteiger partial charge in [-0.1, -0.05) is 50.6 Å². The number of rotatable bonds is 7. The Labute approximate surface area is 217 Å². The van der Waals surface area contributed by atoms with E-state index in [1.807, 2.05) is 6.20 Å². The van der Waals surface area contributed by atoms with E-state index in [4.69, 9.17) is 0 Å². The highest BCUT2D eigenvalue weighted by Gasteiger charge is 2.21. The van der Waals surface area contributed by atoms with Crippen molar-refractivity contribution < 1.29 is 5.11 Å². The zero-order valence-corrected chi connectivity index (χ0v) is 21.8. The molecule has 1 aliphatic heterocycles. The van der Waals surface area contributed by atoms with Gasteiger partial charge in [0.2, 0.25) is 0 Å². The second kappa shape index (κ2) is 10.8. The molecule has 7 nitrogen and oxygen atoms in total. The first kappa shape index (κ1) is 25.1. The van der Waals surface area contributed by atoms with Crippen LogP contribution in [0.15, 0.2) is 65.8 Å². The highest BCUT2D eigenvalue weighted by molar-refractivity contribution is 5.86. The van der Waals surface area contributed by atoms with E-state index < -0.39 is 0 Å². The summed E-state index contributed by atoms with van der Waals surface area (Å²) in [5.74, 6) is 0.489. The van der Waals surface area contributed by atoms with E-state index in [-0.39, 0.29) is 11.3 Å². The maximum absolute atomic E-state index is 14.0. The van der Waals surface area contributed by atoms with E-state index in [2.05, 4.69) is 65.3 Å². The number of likely N-dealkylation sites (N-methyl/N-ethyl adjacent to an activating group) is 1. The smallest absolute Gasteiger partial charge is 0.267 e. The summed E-state index contributed by atoms with van der Waals surface area (Å²) >= 11 is 0. The molecule has 1 unspecified atom stereocenters. The van der Waals surface area contributed by atoms with Gasteiger partial charge in [-0.15, -0.1) is 0 Å². The fourth-order valence-electron chi connectivity index (χ4n) is 5.24. The molecule has 0 bridgehead atoms. The van der Waals surface area contributed by atoms with Crippen LogP contribution in [-0.4, -0.2) is 50.7 Å². The third-order valence-electron chi connectivity index (χ3n) is 7.24. The lowest BCUT2D eigenvalue weighted by molar-refractivity contribution is 0.257. The number of fused-ring (bicyclic) bond motifs is 1. The molecule has 0 spiro atoms. The minimum atomic E-state index is -0.191. The highest BCUT2D eigenvalue weighted by atomic mass is 16.3. The molecule has 2 N–H and O–H groups in total. The number of aromatic hydroxyl groups is 1. The predicted octanol–water partition coefficient (Wildman–Crippen LogP) is 4.85. The van der Waals surface area contributed by atoms with Crippen molar-refractivity contribution in [2.24, 2.45) is 0 Å². The highest BCUT2D eigenvalue weighted by Crippen LogP contribution is 2.30. The summed E-state index contributed by atoms with van der Waals surface area (Å²) in [5.41, 5.74) is 4.98. The summed E-state index contributed by atoms with van der Waals surface area (Å²) in [5, 5.41) is 14.2. The van der Waals surface area contributed by atoms with Crippen molar-refractivity contribution in [3.63, 3.8) is 0 Å². The Morgan fingerprint density at radius 2 is 1.97 bits per heavy atom. The van der Waals surface area contributed by atoms with Gasteiger partial charge in [-0.25, -0.2) is 9.97 Å². The van der Waals surface area contributed by atoms with E-state index >= 15 is 0 Å². The summed E-state index contributed by atoms with van der Waals surface area (Å²) in [7, 11) is 2.11. The number of piperidine rings is 1. The van der Waals surface area contributed by atoms with Crippen LogP contribution in [0.2, 0.25) is 0 Å². The zero-order valence-electron chi connectivity index (χ0n) is 21.8. The lowest BCUT2D eigenvalue weighted by atomic mass is 9.94. The Hall–Kier alpha value is -3.55. The van der Waals surface area contributed by atoms with Gasteiger partial charge in [-0.05, 0) is 61.2 Å². The summed E-state index contributed by atoms with van der Waals surface area (Å²) < 4.78 is 1.49. The topological polar surface area (TPSA) is 83.3 Å². The first-order valence-corrected chi connectivity index (χ1v) is 13.1. The predicted molar refractivity (Wildman–Crippen MR) is 148 cm³/mol. The number of nitrogens with zero attached hydrogens (tertiary/aromatic N) is 4. The Kier molecular flexibility index (Phi) is 7.35. The molecule has 2 aromatic heterocycles. The third kappa shape index (κ3) is 5.43. The van der Waals surface area contributed by atoms with Gasteiger partial charge in [-0.2, -0.15) is 0 Å². The summed E-state index contributed by atoms with van der Waals surface area (Å²) in [6.07, 6.45) is 6.98. The molecule has 1 fully saturated rings. The van der Waals surface area contributed by atoms with E-state index in [0.717, 1.165) is 36.2 Å². The Balaban J connectivity index is 1.66. The summed E-state index contributed by atoms with van der Waals surface area (Å²) in [6.45, 7) is 6.92. The van der Waals surface area contributed by atoms with Crippen molar-refractivity contribution in [1.82, 2.24) is 24.8 Å². The maximum Gasteiger partial charge on any atom is 0.267 e. The largest absolute Gasteiger partial charge is 0.508 e. The van der Waals surface area contributed by atoms with Crippen molar-refractivity contribution >= 4 is 11.0 Å². The molecule has 0 radical (unpaired) electrons. The monoisotopic (exact) mass is 497 g/mol. The van der Waals surface area contributed by atoms with Crippen LogP contribution in [0.5, 0.6) is 5.75 Å². The number of benzene rings is 2. The van der Waals surface area contributed by atoms with Crippen LogP contribution in [0.3, 0.4) is 0 Å². The number of pyridine rings is 1. The molecule has 2 aromatic carbocycles. The molecular weight excluding hydrogens is 462 g/mol. The molecular formula is C30H35N5O2. The fraction of sp³-hybridized carbons (Fsp3) is 0.367. The SMILES string of the molecule is CC(C)c1cccc(-c2cnc3ncn(-c4cccc(O)c4)c(=O)c3c2CN(C)CC2CCCCN2)c1. The molecule has 3 heterocycles. The molecule has 1 atom stereocenters. The van der Waals surface area contributed by atoms with Crippen LogP contribution in [0, 0.1) is 0 Å². The normalized spacial score (nSPS) is 16.1. The molecule has 37 heavy (non-hydrogen) atoms. The number of phenols is 1. The van der Waals surface area contributed by atoms with E-state index in [9.17, 15) is 9.90 Å². The molecule has 1 aliphatic rings. The van der Waals surface area contributed by atoms with Crippen LogP contribution in [0.25, 0.3) is 27.8 Å². The van der Waals surface area contributed by atoms with Crippen LogP contribution >= 0.6 is 0 Å². The zero-order chi connectivity index (χ0) is 25.9. The van der Waals surface area contributed by atoms with Gasteiger partial charge in [0.25, 0.3) is 5.56 Å². The minimum Gasteiger partial charge on any atom is -0.508 e. The third-order valence-corrected chi connectivity index (χ3v) is 7.24. The first-order chi connectivity index (χ1) is 17.9. The van der Waals surface area contributed by atoms with Gasteiger partial charge in [0, 0.05) is 37.0 Å². The van der Waals surface area contributed by atoms with E-state index in [1.54, 1.807) is 24.3 Å². The van der Waals surface area contributed by atoms with E-state index in [1.165, 1.54) is 29.3 Å². The van der Waals surface area contributed by atoms with Crippen molar-refractivity contribution in [3.8, 4) is 22.6 Å². The van der Waals surface area contributed by atoms with Crippen molar-refractivity contribution in [2.75, 3.05) is 20.1 Å². The van der Waals surface area contributed by atoms with Gasteiger partial charge in [0.15, 0.2) is 5.65 Å². The van der Waals surface area contributed by atoms with Gasteiger partial charge in [0.05, 0.1) is 11.1 Å². The lowest BCUT2D eigenvalue weighted by Gasteiger charge is -2.29. The van der Waals surface area contributed by atoms with Crippen molar-refractivity contribution in [1.29, 1.82) is 0 Å². The summed E-state index contributed by atoms with van der Waals surface area (Å²) in [4.78, 5) is 25.4. The second-order valence-corrected chi connectivity index (χ2v) is 10.4. The number of hydrogen-bond donors (Lipinski definition) is 2.